The van der Waals surface area contributed by atoms with Crippen LogP contribution in [-0.4, -0.2) is 28.1 Å². The second kappa shape index (κ2) is 10.5. The molecule has 1 atom stereocenters. The normalized spacial score (nSPS) is 11.6. The number of nitrogens with one attached hydrogen (secondary N) is 2. The van der Waals surface area contributed by atoms with Crippen LogP contribution in [0, 0.1) is 5.82 Å². The molecule has 0 aliphatic heterocycles. The summed E-state index contributed by atoms with van der Waals surface area (Å²) in [6.07, 6.45) is 0.298. The number of benzene rings is 3. The average Bonchev–Trinajstić information content (AvgIpc) is 3.28. The van der Waals surface area contributed by atoms with Gasteiger partial charge in [0.25, 0.3) is 5.91 Å². The highest BCUT2D eigenvalue weighted by atomic mass is 79.9. The molecule has 1 aromatic heterocycles. The van der Waals surface area contributed by atoms with E-state index in [0.717, 1.165) is 16.9 Å². The molecule has 0 unspecified atom stereocenters. The topological polar surface area (TPSA) is 84.0 Å². The van der Waals surface area contributed by atoms with Gasteiger partial charge in [0.1, 0.15) is 16.9 Å². The molecule has 0 bridgehead atoms. The van der Waals surface area contributed by atoms with Gasteiger partial charge in [0, 0.05) is 16.5 Å². The van der Waals surface area contributed by atoms with E-state index in [9.17, 15) is 14.0 Å². The first-order valence-electron chi connectivity index (χ1n) is 9.99. The second-order valence-corrected chi connectivity index (χ2v) is 8.94. The molecule has 3 aromatic carbocycles. The molecule has 2 N–H and O–H groups in total. The van der Waals surface area contributed by atoms with Gasteiger partial charge >= 0.3 is 0 Å². The van der Waals surface area contributed by atoms with Crippen molar-refractivity contribution in [3.05, 3.63) is 100 Å². The SMILES string of the molecule is O=C(N[C@@H](Cc1ccccc1)C(=O)Nc1nnc(-c2ccc(F)cc2)s1)c1ccccc1Br. The highest BCUT2D eigenvalue weighted by Gasteiger charge is 2.24. The van der Waals surface area contributed by atoms with Gasteiger partial charge < -0.3 is 5.32 Å². The Hall–Kier alpha value is -3.43. The van der Waals surface area contributed by atoms with Crippen LogP contribution in [0.1, 0.15) is 15.9 Å². The first kappa shape index (κ1) is 22.8. The molecule has 6 nitrogen and oxygen atoms in total. The highest BCUT2D eigenvalue weighted by molar-refractivity contribution is 9.10. The Bertz CT molecular complexity index is 1260. The summed E-state index contributed by atoms with van der Waals surface area (Å²) >= 11 is 4.54. The molecule has 0 fully saturated rings. The Kier molecular flexibility index (Phi) is 7.21. The number of hydrogen-bond donors (Lipinski definition) is 2. The van der Waals surface area contributed by atoms with Crippen molar-refractivity contribution in [2.75, 3.05) is 5.32 Å². The van der Waals surface area contributed by atoms with Gasteiger partial charge in [0.15, 0.2) is 0 Å². The Balaban J connectivity index is 1.52. The van der Waals surface area contributed by atoms with Crippen molar-refractivity contribution < 1.29 is 14.0 Å². The number of aromatic nitrogens is 2. The lowest BCUT2D eigenvalue weighted by Gasteiger charge is -2.18. The molecule has 2 amide bonds. The van der Waals surface area contributed by atoms with E-state index in [1.165, 1.54) is 12.1 Å². The van der Waals surface area contributed by atoms with Gasteiger partial charge in [-0.25, -0.2) is 4.39 Å². The van der Waals surface area contributed by atoms with Crippen molar-refractivity contribution in [3.8, 4) is 10.6 Å². The molecule has 0 aliphatic rings. The number of rotatable bonds is 7. The Labute approximate surface area is 202 Å². The van der Waals surface area contributed by atoms with Crippen molar-refractivity contribution in [2.24, 2.45) is 0 Å². The zero-order chi connectivity index (χ0) is 23.2. The molecule has 0 saturated carbocycles. The van der Waals surface area contributed by atoms with Gasteiger partial charge in [-0.15, -0.1) is 10.2 Å². The lowest BCUT2D eigenvalue weighted by Crippen LogP contribution is -2.45. The predicted molar refractivity (Wildman–Crippen MR) is 129 cm³/mol. The van der Waals surface area contributed by atoms with Crippen LogP contribution in [0.3, 0.4) is 0 Å². The highest BCUT2D eigenvalue weighted by Crippen LogP contribution is 2.26. The first-order valence-corrected chi connectivity index (χ1v) is 11.6. The minimum Gasteiger partial charge on any atom is -0.340 e. The molecule has 33 heavy (non-hydrogen) atoms. The number of anilines is 1. The lowest BCUT2D eigenvalue weighted by molar-refractivity contribution is -0.118. The Morgan fingerprint density at radius 1 is 0.939 bits per heavy atom. The first-order chi connectivity index (χ1) is 16.0. The fraction of sp³-hybridized carbons (Fsp3) is 0.0833. The summed E-state index contributed by atoms with van der Waals surface area (Å²) in [5.74, 6) is -1.13. The number of amides is 2. The standard InChI is InChI=1S/C24H18BrFN4O2S/c25-19-9-5-4-8-18(19)21(31)27-20(14-15-6-2-1-3-7-15)22(32)28-24-30-29-23(33-24)16-10-12-17(26)13-11-16/h1-13,20H,14H2,(H,27,31)(H,28,30,32)/t20-/m0/s1. The predicted octanol–water partition coefficient (Wildman–Crippen LogP) is 5.09. The molecule has 0 saturated heterocycles. The van der Waals surface area contributed by atoms with Gasteiger partial charge in [-0.2, -0.15) is 0 Å². The molecule has 1 heterocycles. The van der Waals surface area contributed by atoms with Crippen LogP contribution in [0.25, 0.3) is 10.6 Å². The van der Waals surface area contributed by atoms with Gasteiger partial charge in [-0.05, 0) is 57.9 Å². The van der Waals surface area contributed by atoms with Crippen molar-refractivity contribution in [1.82, 2.24) is 15.5 Å². The van der Waals surface area contributed by atoms with Crippen molar-refractivity contribution in [2.45, 2.75) is 12.5 Å². The third-order valence-corrected chi connectivity index (χ3v) is 6.35. The molecule has 0 aliphatic carbocycles. The molecular weight excluding hydrogens is 507 g/mol. The van der Waals surface area contributed by atoms with E-state index in [1.54, 1.807) is 30.3 Å². The molecule has 4 rings (SSSR count). The van der Waals surface area contributed by atoms with Crippen molar-refractivity contribution in [1.29, 1.82) is 0 Å². The van der Waals surface area contributed by atoms with E-state index in [4.69, 9.17) is 0 Å². The van der Waals surface area contributed by atoms with E-state index in [-0.39, 0.29) is 16.9 Å². The van der Waals surface area contributed by atoms with Crippen LogP contribution in [-0.2, 0) is 11.2 Å². The molecule has 0 spiro atoms. The fourth-order valence-corrected chi connectivity index (χ4v) is 4.33. The number of hydrogen-bond acceptors (Lipinski definition) is 5. The number of halogens is 2. The average molecular weight is 525 g/mol. The molecule has 166 valence electrons. The zero-order valence-corrected chi connectivity index (χ0v) is 19.6. The van der Waals surface area contributed by atoms with Gasteiger partial charge in [-0.3, -0.25) is 14.9 Å². The van der Waals surface area contributed by atoms with Crippen molar-refractivity contribution >= 4 is 44.2 Å². The fourth-order valence-electron chi connectivity index (χ4n) is 3.12. The molecule has 0 radical (unpaired) electrons. The van der Waals surface area contributed by atoms with E-state index < -0.39 is 11.9 Å². The minimum atomic E-state index is -0.842. The summed E-state index contributed by atoms with van der Waals surface area (Å²) in [6, 6.07) is 21.4. The summed E-state index contributed by atoms with van der Waals surface area (Å²) in [6.45, 7) is 0. The van der Waals surface area contributed by atoms with Gasteiger partial charge in [0.2, 0.25) is 11.0 Å². The maximum atomic E-state index is 13.2. The summed E-state index contributed by atoms with van der Waals surface area (Å²) in [4.78, 5) is 26.0. The van der Waals surface area contributed by atoms with E-state index in [0.29, 0.717) is 27.0 Å². The van der Waals surface area contributed by atoms with Crippen LogP contribution < -0.4 is 10.6 Å². The third kappa shape index (κ3) is 5.88. The van der Waals surface area contributed by atoms with Crippen LogP contribution in [0.15, 0.2) is 83.3 Å². The Morgan fingerprint density at radius 3 is 2.36 bits per heavy atom. The zero-order valence-electron chi connectivity index (χ0n) is 17.2. The molecular formula is C24H18BrFN4O2S. The summed E-state index contributed by atoms with van der Waals surface area (Å²) in [5.41, 5.74) is 2.02. The lowest BCUT2D eigenvalue weighted by atomic mass is 10.0. The smallest absolute Gasteiger partial charge is 0.253 e. The van der Waals surface area contributed by atoms with Crippen LogP contribution in [0.4, 0.5) is 9.52 Å². The van der Waals surface area contributed by atoms with Crippen LogP contribution in [0.5, 0.6) is 0 Å². The summed E-state index contributed by atoms with van der Waals surface area (Å²) < 4.78 is 13.8. The number of carbonyl (C=O) groups excluding carboxylic acids is 2. The Morgan fingerprint density at radius 2 is 1.64 bits per heavy atom. The van der Waals surface area contributed by atoms with Crippen molar-refractivity contribution in [3.63, 3.8) is 0 Å². The maximum absolute atomic E-state index is 13.2. The maximum Gasteiger partial charge on any atom is 0.253 e. The minimum absolute atomic E-state index is 0.285. The van der Waals surface area contributed by atoms with Crippen LogP contribution >= 0.6 is 27.3 Å². The number of carbonyl (C=O) groups is 2. The van der Waals surface area contributed by atoms with Crippen LogP contribution in [0.2, 0.25) is 0 Å². The number of nitrogens with zero attached hydrogens (tertiary/aromatic N) is 2. The quantitative estimate of drug-likeness (QED) is 0.352. The summed E-state index contributed by atoms with van der Waals surface area (Å²) in [7, 11) is 0. The second-order valence-electron chi connectivity index (χ2n) is 7.10. The molecule has 4 aromatic rings. The van der Waals surface area contributed by atoms with E-state index in [1.807, 2.05) is 36.4 Å². The van der Waals surface area contributed by atoms with Gasteiger partial charge in [0.05, 0.1) is 5.56 Å². The molecule has 9 heteroatoms. The summed E-state index contributed by atoms with van der Waals surface area (Å²) in [5, 5.41) is 14.5. The van der Waals surface area contributed by atoms with E-state index in [2.05, 4.69) is 36.8 Å². The third-order valence-electron chi connectivity index (χ3n) is 4.77. The van der Waals surface area contributed by atoms with Gasteiger partial charge in [-0.1, -0.05) is 53.8 Å². The largest absolute Gasteiger partial charge is 0.340 e. The monoisotopic (exact) mass is 524 g/mol. The van der Waals surface area contributed by atoms with E-state index >= 15 is 0 Å².